The predicted molar refractivity (Wildman–Crippen MR) is 105 cm³/mol. The summed E-state index contributed by atoms with van der Waals surface area (Å²) in [5.41, 5.74) is 6.50. The Morgan fingerprint density at radius 1 is 1.35 bits per heavy atom. The number of aliphatic hydroxyl groups is 2. The van der Waals surface area contributed by atoms with Gasteiger partial charge in [-0.05, 0) is 19.8 Å². The van der Waals surface area contributed by atoms with Gasteiger partial charge in [-0.25, -0.2) is 9.78 Å². The highest BCUT2D eigenvalue weighted by Crippen LogP contribution is 2.19. The number of likely N-dealkylation sites (tertiary alicyclic amines) is 1. The number of carbonyl (C=O) groups excluding carboxylic acids is 3. The van der Waals surface area contributed by atoms with Crippen molar-refractivity contribution in [1.82, 2.24) is 25.5 Å². The number of nitrogens with two attached hydrogens (primary N) is 1. The van der Waals surface area contributed by atoms with Gasteiger partial charge in [0.1, 0.15) is 18.1 Å². The largest absolute Gasteiger partial charge is 0.480 e. The van der Waals surface area contributed by atoms with E-state index in [0.29, 0.717) is 12.1 Å². The highest BCUT2D eigenvalue weighted by molar-refractivity contribution is 5.94. The number of amides is 3. The van der Waals surface area contributed by atoms with Crippen molar-refractivity contribution >= 4 is 23.7 Å². The van der Waals surface area contributed by atoms with Gasteiger partial charge in [-0.15, -0.1) is 0 Å². The molecule has 0 radical (unpaired) electrons. The molecule has 2 rings (SSSR count). The van der Waals surface area contributed by atoms with Crippen molar-refractivity contribution in [3.05, 3.63) is 18.2 Å². The first-order chi connectivity index (χ1) is 14.6. The average molecular weight is 440 g/mol. The molecule has 0 aliphatic carbocycles. The molecule has 1 aliphatic rings. The first-order valence-electron chi connectivity index (χ1n) is 9.81. The van der Waals surface area contributed by atoms with Gasteiger partial charge in [0.05, 0.1) is 25.1 Å². The maximum absolute atomic E-state index is 13.0. The Hall–Kier alpha value is -3.03. The van der Waals surface area contributed by atoms with Crippen LogP contribution < -0.4 is 16.4 Å². The summed E-state index contributed by atoms with van der Waals surface area (Å²) in [5, 5.41) is 32.8. The molecule has 0 saturated carbocycles. The molecule has 1 aromatic rings. The van der Waals surface area contributed by atoms with Crippen molar-refractivity contribution < 1.29 is 34.5 Å². The lowest BCUT2D eigenvalue weighted by molar-refractivity contribution is -0.146. The number of aromatic amines is 1. The van der Waals surface area contributed by atoms with Crippen LogP contribution in [0.3, 0.4) is 0 Å². The molecule has 8 N–H and O–H groups in total. The summed E-state index contributed by atoms with van der Waals surface area (Å²) in [4.78, 5) is 56.8. The quantitative estimate of drug-likeness (QED) is 0.194. The van der Waals surface area contributed by atoms with Gasteiger partial charge < -0.3 is 41.6 Å². The number of hydrogen-bond donors (Lipinski definition) is 7. The number of aliphatic carboxylic acids is 1. The van der Waals surface area contributed by atoms with E-state index in [4.69, 9.17) is 15.9 Å². The smallest absolute Gasteiger partial charge is 0.328 e. The minimum atomic E-state index is -1.50. The summed E-state index contributed by atoms with van der Waals surface area (Å²) < 4.78 is 0. The van der Waals surface area contributed by atoms with Gasteiger partial charge in [-0.2, -0.15) is 0 Å². The predicted octanol–water partition coefficient (Wildman–Crippen LogP) is -3.30. The third kappa shape index (κ3) is 6.23. The van der Waals surface area contributed by atoms with Crippen LogP contribution in [0.5, 0.6) is 0 Å². The molecule has 13 nitrogen and oxygen atoms in total. The fraction of sp³-hybridized carbons (Fsp3) is 0.611. The molecule has 1 saturated heterocycles. The van der Waals surface area contributed by atoms with Crippen LogP contribution in [-0.2, 0) is 25.6 Å². The zero-order valence-electron chi connectivity index (χ0n) is 17.0. The van der Waals surface area contributed by atoms with E-state index in [1.807, 2.05) is 0 Å². The minimum absolute atomic E-state index is 0.138. The number of carboxylic acids is 1. The third-order valence-electron chi connectivity index (χ3n) is 5.01. The van der Waals surface area contributed by atoms with Gasteiger partial charge in [0.25, 0.3) is 0 Å². The molecule has 31 heavy (non-hydrogen) atoms. The fourth-order valence-corrected chi connectivity index (χ4v) is 3.31. The molecule has 2 heterocycles. The SMILES string of the molecule is CC(O)C(NC(=O)C(N)Cc1cnc[nH]1)C(=O)N1CCCC1C(=O)NC(CO)C(=O)O. The highest BCUT2D eigenvalue weighted by Gasteiger charge is 2.40. The number of H-pyrrole nitrogens is 1. The zero-order valence-corrected chi connectivity index (χ0v) is 17.0. The van der Waals surface area contributed by atoms with Gasteiger partial charge in [0.15, 0.2) is 0 Å². The van der Waals surface area contributed by atoms with E-state index in [-0.39, 0.29) is 19.4 Å². The Labute approximate surface area is 178 Å². The fourth-order valence-electron chi connectivity index (χ4n) is 3.31. The van der Waals surface area contributed by atoms with Crippen molar-refractivity contribution in [2.75, 3.05) is 13.2 Å². The van der Waals surface area contributed by atoms with E-state index in [0.717, 1.165) is 0 Å². The van der Waals surface area contributed by atoms with Crippen molar-refractivity contribution in [2.45, 2.75) is 56.5 Å². The molecule has 3 amide bonds. The molecule has 0 aromatic carbocycles. The van der Waals surface area contributed by atoms with Gasteiger partial charge in [0, 0.05) is 24.9 Å². The summed E-state index contributed by atoms with van der Waals surface area (Å²) in [7, 11) is 0. The number of imidazole rings is 1. The molecule has 5 atom stereocenters. The number of nitrogens with zero attached hydrogens (tertiary/aromatic N) is 2. The normalized spacial score (nSPS) is 19.9. The Balaban J connectivity index is 2.06. The van der Waals surface area contributed by atoms with Crippen LogP contribution in [0.4, 0.5) is 0 Å². The van der Waals surface area contributed by atoms with Gasteiger partial charge in [-0.1, -0.05) is 0 Å². The van der Waals surface area contributed by atoms with Crippen molar-refractivity contribution in [3.63, 3.8) is 0 Å². The summed E-state index contributed by atoms with van der Waals surface area (Å²) in [6.07, 6.45) is 2.56. The minimum Gasteiger partial charge on any atom is -0.480 e. The second kappa shape index (κ2) is 10.8. The second-order valence-corrected chi connectivity index (χ2v) is 7.39. The third-order valence-corrected chi connectivity index (χ3v) is 5.01. The summed E-state index contributed by atoms with van der Waals surface area (Å²) in [5.74, 6) is -3.50. The number of carboxylic acid groups (broad SMARTS) is 1. The Morgan fingerprint density at radius 2 is 2.06 bits per heavy atom. The van der Waals surface area contributed by atoms with Crippen LogP contribution in [0.2, 0.25) is 0 Å². The average Bonchev–Trinajstić information content (AvgIpc) is 3.40. The van der Waals surface area contributed by atoms with E-state index in [2.05, 4.69) is 20.6 Å². The van der Waals surface area contributed by atoms with Crippen molar-refractivity contribution in [3.8, 4) is 0 Å². The van der Waals surface area contributed by atoms with E-state index in [1.165, 1.54) is 24.3 Å². The molecule has 1 aliphatic heterocycles. The molecule has 0 spiro atoms. The maximum Gasteiger partial charge on any atom is 0.328 e. The molecule has 172 valence electrons. The summed E-state index contributed by atoms with van der Waals surface area (Å²) >= 11 is 0. The Bertz CT molecular complexity index is 784. The van der Waals surface area contributed by atoms with Crippen LogP contribution in [0.1, 0.15) is 25.5 Å². The number of aliphatic hydroxyl groups excluding tert-OH is 2. The standard InChI is InChI=1S/C18H28N6O7/c1-9(26)14(23-15(27)11(19)5-10-6-20-8-21-10)17(29)24-4-2-3-13(24)16(28)22-12(7-25)18(30)31/h6,8-9,11-14,25-26H,2-5,7,19H2,1H3,(H,20,21)(H,22,28)(H,23,27)(H,30,31). The zero-order chi connectivity index (χ0) is 23.1. The molecule has 1 fully saturated rings. The van der Waals surface area contributed by atoms with Crippen molar-refractivity contribution in [2.24, 2.45) is 5.73 Å². The number of carbonyl (C=O) groups is 4. The summed E-state index contributed by atoms with van der Waals surface area (Å²) in [6, 6.07) is -4.84. The first-order valence-corrected chi connectivity index (χ1v) is 9.81. The van der Waals surface area contributed by atoms with E-state index >= 15 is 0 Å². The van der Waals surface area contributed by atoms with Crippen molar-refractivity contribution in [1.29, 1.82) is 0 Å². The maximum atomic E-state index is 13.0. The van der Waals surface area contributed by atoms with Gasteiger partial charge in [0.2, 0.25) is 17.7 Å². The van der Waals surface area contributed by atoms with E-state index < -0.39 is 60.6 Å². The second-order valence-electron chi connectivity index (χ2n) is 7.39. The van der Waals surface area contributed by atoms with Crippen LogP contribution in [0.15, 0.2) is 12.5 Å². The molecule has 13 heteroatoms. The monoisotopic (exact) mass is 440 g/mol. The number of nitrogens with one attached hydrogen (secondary N) is 3. The Morgan fingerprint density at radius 3 is 2.61 bits per heavy atom. The van der Waals surface area contributed by atoms with Crippen LogP contribution in [0.25, 0.3) is 0 Å². The molecular weight excluding hydrogens is 412 g/mol. The van der Waals surface area contributed by atoms with Gasteiger partial charge >= 0.3 is 5.97 Å². The molecule has 0 bridgehead atoms. The van der Waals surface area contributed by atoms with Crippen LogP contribution in [-0.4, -0.2) is 97.3 Å². The molecular formula is C18H28N6O7. The van der Waals surface area contributed by atoms with Crippen LogP contribution >= 0.6 is 0 Å². The Kier molecular flexibility index (Phi) is 8.47. The number of rotatable bonds is 10. The van der Waals surface area contributed by atoms with Crippen LogP contribution in [0, 0.1) is 0 Å². The summed E-state index contributed by atoms with van der Waals surface area (Å²) in [6.45, 7) is 0.704. The first kappa shape index (κ1) is 24.2. The number of aromatic nitrogens is 2. The number of hydrogen-bond acceptors (Lipinski definition) is 8. The molecule has 1 aromatic heterocycles. The topological polar surface area (TPSA) is 211 Å². The highest BCUT2D eigenvalue weighted by atomic mass is 16.4. The van der Waals surface area contributed by atoms with E-state index in [9.17, 15) is 24.3 Å². The lowest BCUT2D eigenvalue weighted by Gasteiger charge is -2.31. The van der Waals surface area contributed by atoms with E-state index in [1.54, 1.807) is 0 Å². The molecule has 5 unspecified atom stereocenters. The lowest BCUT2D eigenvalue weighted by atomic mass is 10.1. The van der Waals surface area contributed by atoms with Gasteiger partial charge in [-0.3, -0.25) is 14.4 Å². The lowest BCUT2D eigenvalue weighted by Crippen LogP contribution is -2.60.